The minimum Gasteiger partial charge on any atom is -0.475 e. The number of ether oxygens (including phenoxy) is 1. The first-order chi connectivity index (χ1) is 22.4. The zero-order valence-electron chi connectivity index (χ0n) is 28.1. The number of carboxylic acid groups (broad SMARTS) is 1. The van der Waals surface area contributed by atoms with Gasteiger partial charge in [0.1, 0.15) is 17.2 Å². The summed E-state index contributed by atoms with van der Waals surface area (Å²) in [6, 6.07) is 4.14. The molecule has 3 fully saturated rings. The van der Waals surface area contributed by atoms with Crippen molar-refractivity contribution < 1.29 is 37.8 Å². The number of halogens is 1. The summed E-state index contributed by atoms with van der Waals surface area (Å²) in [6.45, 7) is 7.01. The van der Waals surface area contributed by atoms with Gasteiger partial charge < -0.3 is 29.8 Å². The van der Waals surface area contributed by atoms with Crippen LogP contribution in [0.1, 0.15) is 108 Å². The highest BCUT2D eigenvalue weighted by Crippen LogP contribution is 2.42. The molecule has 2 heterocycles. The Morgan fingerprint density at radius 1 is 1.04 bits per heavy atom. The maximum Gasteiger partial charge on any atom is 0.407 e. The third kappa shape index (κ3) is 8.09. The SMILES string of the molecule is Cc1c(C(=O)O)oc2ccc(NC(=O)[C@@H]3[C@H](C4CCCCC4)CCN3C(=O)[C@H]3CC[C@H]([C@@H](CCF)NC(=O)OC(C)(C)C)CC3)cc12. The molecule has 47 heavy (non-hydrogen) atoms. The molecule has 0 bridgehead atoms. The molecule has 3 N–H and O–H groups in total. The maximum absolute atomic E-state index is 14.1. The number of hydrogen-bond acceptors (Lipinski definition) is 6. The molecule has 2 aromatic rings. The molecule has 3 atom stereocenters. The lowest BCUT2D eigenvalue weighted by molar-refractivity contribution is -0.142. The monoisotopic (exact) mass is 655 g/mol. The maximum atomic E-state index is 14.1. The Labute approximate surface area is 276 Å². The number of nitrogens with one attached hydrogen (secondary N) is 2. The number of fused-ring (bicyclic) bond motifs is 1. The van der Waals surface area contributed by atoms with E-state index in [1.54, 1.807) is 45.9 Å². The number of anilines is 1. The van der Waals surface area contributed by atoms with E-state index in [2.05, 4.69) is 10.6 Å². The van der Waals surface area contributed by atoms with Gasteiger partial charge in [0.25, 0.3) is 0 Å². The quantitative estimate of drug-likeness (QED) is 0.259. The number of nitrogens with zero attached hydrogens (tertiary/aromatic N) is 1. The van der Waals surface area contributed by atoms with Gasteiger partial charge in [0.15, 0.2) is 0 Å². The number of alkyl halides is 1. The third-order valence-electron chi connectivity index (χ3n) is 10.5. The summed E-state index contributed by atoms with van der Waals surface area (Å²) in [7, 11) is 0. The fourth-order valence-corrected chi connectivity index (χ4v) is 8.18. The number of carboxylic acids is 1. The second-order valence-electron chi connectivity index (χ2n) is 14.7. The first-order valence-corrected chi connectivity index (χ1v) is 17.3. The predicted molar refractivity (Wildman–Crippen MR) is 176 cm³/mol. The van der Waals surface area contributed by atoms with Crippen molar-refractivity contribution in [3.63, 3.8) is 0 Å². The van der Waals surface area contributed by atoms with Crippen molar-refractivity contribution in [2.75, 3.05) is 18.5 Å². The van der Waals surface area contributed by atoms with Crippen molar-refractivity contribution in [2.24, 2.45) is 23.7 Å². The van der Waals surface area contributed by atoms with Crippen LogP contribution in [0.15, 0.2) is 22.6 Å². The fraction of sp³-hybridized carbons (Fsp3) is 0.667. The normalized spacial score (nSPS) is 24.6. The smallest absolute Gasteiger partial charge is 0.407 e. The summed E-state index contributed by atoms with van der Waals surface area (Å²) in [6.07, 6.45) is 8.57. The Morgan fingerprint density at radius 2 is 1.74 bits per heavy atom. The van der Waals surface area contributed by atoms with Gasteiger partial charge in [-0.3, -0.25) is 14.0 Å². The highest BCUT2D eigenvalue weighted by Gasteiger charge is 2.47. The molecule has 3 amide bonds. The molecule has 2 saturated carbocycles. The third-order valence-corrected chi connectivity index (χ3v) is 10.5. The van der Waals surface area contributed by atoms with Gasteiger partial charge in [-0.05, 0) is 102 Å². The topological polar surface area (TPSA) is 138 Å². The number of carbonyl (C=O) groups excluding carboxylic acids is 3. The molecular formula is C36H50FN3O7. The van der Waals surface area contributed by atoms with Gasteiger partial charge >= 0.3 is 12.1 Å². The number of amides is 3. The van der Waals surface area contributed by atoms with E-state index >= 15 is 0 Å². The Bertz CT molecular complexity index is 1450. The number of likely N-dealkylation sites (tertiary alicyclic amines) is 1. The molecule has 3 aliphatic rings. The molecule has 2 aliphatic carbocycles. The van der Waals surface area contributed by atoms with Crippen molar-refractivity contribution in [1.82, 2.24) is 10.2 Å². The van der Waals surface area contributed by atoms with E-state index < -0.39 is 30.4 Å². The number of benzene rings is 1. The molecule has 0 radical (unpaired) electrons. The summed E-state index contributed by atoms with van der Waals surface area (Å²) in [5.74, 6) is -1.24. The summed E-state index contributed by atoms with van der Waals surface area (Å²) in [5, 5.41) is 16.0. The highest BCUT2D eigenvalue weighted by molar-refractivity contribution is 6.01. The number of furan rings is 1. The van der Waals surface area contributed by atoms with E-state index in [1.165, 1.54) is 6.42 Å². The van der Waals surface area contributed by atoms with Crippen LogP contribution in [0.2, 0.25) is 0 Å². The summed E-state index contributed by atoms with van der Waals surface area (Å²) in [5.41, 5.74) is 0.798. The van der Waals surface area contributed by atoms with Crippen LogP contribution in [0.4, 0.5) is 14.9 Å². The minimum atomic E-state index is -1.15. The molecule has 0 spiro atoms. The molecule has 1 saturated heterocycles. The van der Waals surface area contributed by atoms with Gasteiger partial charge in [-0.1, -0.05) is 32.1 Å². The van der Waals surface area contributed by atoms with Gasteiger partial charge in [0, 0.05) is 35.1 Å². The molecule has 5 rings (SSSR count). The van der Waals surface area contributed by atoms with Gasteiger partial charge in [0.05, 0.1) is 6.67 Å². The van der Waals surface area contributed by atoms with Gasteiger partial charge in [-0.15, -0.1) is 0 Å². The number of hydrogen-bond donors (Lipinski definition) is 3. The second-order valence-corrected chi connectivity index (χ2v) is 14.7. The lowest BCUT2D eigenvalue weighted by Crippen LogP contribution is -2.50. The Balaban J connectivity index is 1.29. The van der Waals surface area contributed by atoms with Crippen LogP contribution in [0.5, 0.6) is 0 Å². The van der Waals surface area contributed by atoms with E-state index in [0.29, 0.717) is 60.4 Å². The predicted octanol–water partition coefficient (Wildman–Crippen LogP) is 7.23. The van der Waals surface area contributed by atoms with Crippen LogP contribution in [-0.2, 0) is 14.3 Å². The van der Waals surface area contributed by atoms with E-state index in [-0.39, 0.29) is 47.8 Å². The van der Waals surface area contributed by atoms with Gasteiger partial charge in [-0.25, -0.2) is 9.59 Å². The van der Waals surface area contributed by atoms with E-state index in [4.69, 9.17) is 9.15 Å². The van der Waals surface area contributed by atoms with Crippen molar-refractivity contribution in [3.05, 3.63) is 29.5 Å². The van der Waals surface area contributed by atoms with Crippen molar-refractivity contribution in [2.45, 2.75) is 116 Å². The number of alkyl carbamates (subject to hydrolysis) is 1. The Morgan fingerprint density at radius 3 is 2.38 bits per heavy atom. The highest BCUT2D eigenvalue weighted by atomic mass is 19.1. The van der Waals surface area contributed by atoms with Gasteiger partial charge in [0.2, 0.25) is 17.6 Å². The number of rotatable bonds is 9. The summed E-state index contributed by atoms with van der Waals surface area (Å²) < 4.78 is 24.4. The second kappa shape index (κ2) is 14.6. The Kier molecular flexibility index (Phi) is 10.8. The van der Waals surface area contributed by atoms with Crippen LogP contribution >= 0.6 is 0 Å². The molecule has 258 valence electrons. The van der Waals surface area contributed by atoms with E-state index in [9.17, 15) is 28.7 Å². The van der Waals surface area contributed by atoms with Crippen LogP contribution in [0.3, 0.4) is 0 Å². The molecule has 0 unspecified atom stereocenters. The zero-order chi connectivity index (χ0) is 33.9. The lowest BCUT2D eigenvalue weighted by Gasteiger charge is -2.37. The van der Waals surface area contributed by atoms with Gasteiger partial charge in [-0.2, -0.15) is 0 Å². The van der Waals surface area contributed by atoms with Crippen molar-refractivity contribution in [1.29, 1.82) is 0 Å². The Hall–Kier alpha value is -3.63. The molecule has 1 aromatic heterocycles. The molecule has 10 nitrogen and oxygen atoms in total. The van der Waals surface area contributed by atoms with Crippen LogP contribution in [0.25, 0.3) is 11.0 Å². The molecule has 1 aromatic carbocycles. The van der Waals surface area contributed by atoms with E-state index in [1.807, 2.05) is 4.90 Å². The van der Waals surface area contributed by atoms with Crippen LogP contribution in [0, 0.1) is 30.6 Å². The first-order valence-electron chi connectivity index (χ1n) is 17.3. The number of carbonyl (C=O) groups is 4. The number of aromatic carboxylic acids is 1. The average Bonchev–Trinajstić information content (AvgIpc) is 3.62. The minimum absolute atomic E-state index is 0.00344. The van der Waals surface area contributed by atoms with Crippen molar-refractivity contribution >= 4 is 40.5 Å². The van der Waals surface area contributed by atoms with Crippen LogP contribution in [-0.4, -0.2) is 64.8 Å². The fourth-order valence-electron chi connectivity index (χ4n) is 8.18. The summed E-state index contributed by atoms with van der Waals surface area (Å²) in [4.78, 5) is 54.1. The van der Waals surface area contributed by atoms with Crippen LogP contribution < -0.4 is 10.6 Å². The standard InChI is InChI=1S/C36H50FN3O7/c1-21-27-20-25(14-15-29(27)46-31(21)34(43)44)38-32(41)30-26(22-8-6-5-7-9-22)17-19-40(30)33(42)24-12-10-23(11-13-24)28(16-18-37)39-35(45)47-36(2,3)4/h14-15,20,22-24,26,28,30H,5-13,16-19H2,1-4H3,(H,38,41)(H,39,45)(H,43,44)/t23-,24-,26-,28+,30-/m0/s1. The molecule has 11 heteroatoms. The zero-order valence-corrected chi connectivity index (χ0v) is 28.1. The van der Waals surface area contributed by atoms with Crippen molar-refractivity contribution in [3.8, 4) is 0 Å². The lowest BCUT2D eigenvalue weighted by atomic mass is 9.75. The average molecular weight is 656 g/mol. The first kappa shape index (κ1) is 34.7. The largest absolute Gasteiger partial charge is 0.475 e. The summed E-state index contributed by atoms with van der Waals surface area (Å²) >= 11 is 0. The molecular weight excluding hydrogens is 605 g/mol. The molecule has 1 aliphatic heterocycles. The van der Waals surface area contributed by atoms with E-state index in [0.717, 1.165) is 32.1 Å². The number of aryl methyl sites for hydroxylation is 1.